The summed E-state index contributed by atoms with van der Waals surface area (Å²) in [6, 6.07) is 15.3. The van der Waals surface area contributed by atoms with Crippen LogP contribution in [0.1, 0.15) is 24.1 Å². The molecule has 1 fully saturated rings. The van der Waals surface area contributed by atoms with Gasteiger partial charge in [-0.15, -0.1) is 0 Å². The van der Waals surface area contributed by atoms with E-state index in [0.29, 0.717) is 22.9 Å². The van der Waals surface area contributed by atoms with Gasteiger partial charge in [-0.3, -0.25) is 4.79 Å². The maximum absolute atomic E-state index is 13.2. The van der Waals surface area contributed by atoms with Crippen molar-refractivity contribution >= 4 is 12.1 Å². The van der Waals surface area contributed by atoms with E-state index >= 15 is 0 Å². The number of nitrogens with one attached hydrogen (secondary N) is 1. The molecule has 3 aromatic rings. The Bertz CT molecular complexity index is 1010. The molecule has 1 saturated carbocycles. The monoisotopic (exact) mass is 378 g/mol. The van der Waals surface area contributed by atoms with E-state index in [1.54, 1.807) is 16.8 Å². The summed E-state index contributed by atoms with van der Waals surface area (Å²) < 4.78 is 20.9. The van der Waals surface area contributed by atoms with Gasteiger partial charge in [0.05, 0.1) is 23.2 Å². The Morgan fingerprint density at radius 2 is 1.93 bits per heavy atom. The number of hydrogen-bond acceptors (Lipinski definition) is 4. The van der Waals surface area contributed by atoms with E-state index in [4.69, 9.17) is 4.74 Å². The van der Waals surface area contributed by atoms with Crippen LogP contribution in [0, 0.1) is 18.7 Å². The summed E-state index contributed by atoms with van der Waals surface area (Å²) >= 11 is 0. The van der Waals surface area contributed by atoms with Crippen LogP contribution in [0.25, 0.3) is 5.69 Å². The van der Waals surface area contributed by atoms with Gasteiger partial charge in [-0.1, -0.05) is 18.2 Å². The highest BCUT2D eigenvalue weighted by atomic mass is 19.1. The minimum atomic E-state index is -0.343. The fourth-order valence-electron chi connectivity index (χ4n) is 2.72. The van der Waals surface area contributed by atoms with Crippen LogP contribution in [-0.2, 0) is 4.79 Å². The van der Waals surface area contributed by atoms with E-state index in [1.807, 2.05) is 37.3 Å². The summed E-state index contributed by atoms with van der Waals surface area (Å²) in [4.78, 5) is 11.8. The van der Waals surface area contributed by atoms with Crippen molar-refractivity contribution in [2.24, 2.45) is 11.0 Å². The quantitative estimate of drug-likeness (QED) is 0.521. The zero-order valence-electron chi connectivity index (χ0n) is 15.3. The molecule has 0 atom stereocenters. The molecule has 142 valence electrons. The first-order valence-electron chi connectivity index (χ1n) is 9.03. The molecule has 0 bridgehead atoms. The molecule has 0 unspecified atom stereocenters. The van der Waals surface area contributed by atoms with Crippen LogP contribution in [0.2, 0.25) is 0 Å². The van der Waals surface area contributed by atoms with E-state index in [-0.39, 0.29) is 17.6 Å². The zero-order chi connectivity index (χ0) is 19.5. The number of ether oxygens (including phenoxy) is 1. The van der Waals surface area contributed by atoms with E-state index in [9.17, 15) is 9.18 Å². The second kappa shape index (κ2) is 7.64. The number of hydrazone groups is 1. The Hall–Kier alpha value is -3.48. The lowest BCUT2D eigenvalue weighted by Crippen LogP contribution is -2.19. The van der Waals surface area contributed by atoms with E-state index in [0.717, 1.165) is 18.5 Å². The number of nitrogens with zero attached hydrogens (tertiary/aromatic N) is 3. The predicted octanol–water partition coefficient (Wildman–Crippen LogP) is 3.97. The fourth-order valence-corrected chi connectivity index (χ4v) is 2.72. The highest BCUT2D eigenvalue weighted by Crippen LogP contribution is 2.30. The molecule has 7 heteroatoms. The highest BCUT2D eigenvalue weighted by Gasteiger charge is 2.29. The van der Waals surface area contributed by atoms with Gasteiger partial charge >= 0.3 is 0 Å². The molecule has 4 rings (SSSR count). The van der Waals surface area contributed by atoms with E-state index in [2.05, 4.69) is 15.6 Å². The normalized spacial score (nSPS) is 13.6. The van der Waals surface area contributed by atoms with Crippen LogP contribution >= 0.6 is 0 Å². The first-order valence-corrected chi connectivity index (χ1v) is 9.03. The lowest BCUT2D eigenvalue weighted by Gasteiger charge is -2.10. The average Bonchev–Trinajstić information content (AvgIpc) is 3.51. The maximum atomic E-state index is 13.2. The third-order valence-corrected chi connectivity index (χ3v) is 4.41. The van der Waals surface area contributed by atoms with Crippen molar-refractivity contribution in [1.29, 1.82) is 0 Å². The topological polar surface area (TPSA) is 68.5 Å². The number of carbonyl (C=O) groups excluding carboxylic acids is 1. The van der Waals surface area contributed by atoms with Crippen LogP contribution in [-0.4, -0.2) is 21.9 Å². The number of amides is 1. The lowest BCUT2D eigenvalue weighted by atomic mass is 10.2. The molecule has 1 N–H and O–H groups in total. The lowest BCUT2D eigenvalue weighted by molar-refractivity contribution is -0.122. The van der Waals surface area contributed by atoms with Crippen molar-refractivity contribution in [2.75, 3.05) is 0 Å². The molecule has 2 aromatic carbocycles. The van der Waals surface area contributed by atoms with Gasteiger partial charge in [-0.25, -0.2) is 9.82 Å². The van der Waals surface area contributed by atoms with Crippen molar-refractivity contribution in [3.8, 4) is 17.3 Å². The molecular formula is C21H19FN4O2. The molecule has 1 aliphatic carbocycles. The molecule has 0 radical (unpaired) electrons. The van der Waals surface area contributed by atoms with Crippen molar-refractivity contribution in [2.45, 2.75) is 19.8 Å². The summed E-state index contributed by atoms with van der Waals surface area (Å²) in [6.07, 6.45) is 3.34. The molecular weight excluding hydrogens is 359 g/mol. The molecule has 28 heavy (non-hydrogen) atoms. The van der Waals surface area contributed by atoms with Crippen LogP contribution < -0.4 is 10.2 Å². The molecule has 1 aliphatic rings. The minimum Gasteiger partial charge on any atom is -0.438 e. The van der Waals surface area contributed by atoms with Gasteiger partial charge < -0.3 is 4.74 Å². The molecule has 6 nitrogen and oxygen atoms in total. The Kier molecular flexibility index (Phi) is 4.89. The van der Waals surface area contributed by atoms with Crippen LogP contribution in [0.5, 0.6) is 11.6 Å². The second-order valence-corrected chi connectivity index (χ2v) is 6.62. The first-order chi connectivity index (χ1) is 13.6. The van der Waals surface area contributed by atoms with Crippen molar-refractivity contribution < 1.29 is 13.9 Å². The number of hydrogen-bond donors (Lipinski definition) is 1. The third-order valence-electron chi connectivity index (χ3n) is 4.41. The van der Waals surface area contributed by atoms with Gasteiger partial charge in [0.1, 0.15) is 11.6 Å². The molecule has 0 saturated heterocycles. The largest absolute Gasteiger partial charge is 0.438 e. The Labute approximate surface area is 161 Å². The van der Waals surface area contributed by atoms with Gasteiger partial charge in [-0.05, 0) is 56.2 Å². The van der Waals surface area contributed by atoms with Gasteiger partial charge in [0, 0.05) is 5.92 Å². The van der Waals surface area contributed by atoms with Gasteiger partial charge in [0.2, 0.25) is 11.8 Å². The first kappa shape index (κ1) is 17.9. The Balaban J connectivity index is 1.69. The molecule has 1 aromatic heterocycles. The summed E-state index contributed by atoms with van der Waals surface area (Å²) in [5.41, 5.74) is 4.68. The number of aryl methyl sites for hydroxylation is 1. The van der Waals surface area contributed by atoms with Crippen LogP contribution in [0.3, 0.4) is 0 Å². The summed E-state index contributed by atoms with van der Waals surface area (Å²) in [5, 5.41) is 8.62. The summed E-state index contributed by atoms with van der Waals surface area (Å²) in [6.45, 7) is 1.83. The average molecular weight is 378 g/mol. The Morgan fingerprint density at radius 1 is 1.21 bits per heavy atom. The smallest absolute Gasteiger partial charge is 0.243 e. The van der Waals surface area contributed by atoms with Crippen molar-refractivity contribution in [3.63, 3.8) is 0 Å². The third kappa shape index (κ3) is 3.93. The number of rotatable bonds is 6. The Morgan fingerprint density at radius 3 is 2.61 bits per heavy atom. The van der Waals surface area contributed by atoms with Crippen LogP contribution in [0.4, 0.5) is 4.39 Å². The molecule has 0 spiro atoms. The fraction of sp³-hybridized carbons (Fsp3) is 0.190. The standard InChI is InChI=1S/C21H19FN4O2/c1-14-19(13-23-24-20(27)15-7-8-15)21(28-18-11-9-16(22)10-12-18)26(25-14)17-5-3-2-4-6-17/h2-6,9-13,15H,7-8H2,1H3,(H,24,27)/b23-13-. The molecule has 0 aliphatic heterocycles. The van der Waals surface area contributed by atoms with Crippen molar-refractivity contribution in [3.05, 3.63) is 71.7 Å². The van der Waals surface area contributed by atoms with E-state index in [1.165, 1.54) is 18.3 Å². The second-order valence-electron chi connectivity index (χ2n) is 6.62. The number of halogens is 1. The molecule has 1 amide bonds. The van der Waals surface area contributed by atoms with Crippen LogP contribution in [0.15, 0.2) is 59.7 Å². The highest BCUT2D eigenvalue weighted by molar-refractivity contribution is 5.87. The van der Waals surface area contributed by atoms with E-state index < -0.39 is 0 Å². The van der Waals surface area contributed by atoms with Gasteiger partial charge in [0.15, 0.2) is 0 Å². The number of benzene rings is 2. The number of carbonyl (C=O) groups is 1. The summed E-state index contributed by atoms with van der Waals surface area (Å²) in [7, 11) is 0. The minimum absolute atomic E-state index is 0.0697. The van der Waals surface area contributed by atoms with Gasteiger partial charge in [-0.2, -0.15) is 14.9 Å². The predicted molar refractivity (Wildman–Crippen MR) is 103 cm³/mol. The molecule has 1 heterocycles. The zero-order valence-corrected chi connectivity index (χ0v) is 15.3. The van der Waals surface area contributed by atoms with Gasteiger partial charge in [0.25, 0.3) is 0 Å². The summed E-state index contributed by atoms with van der Waals surface area (Å²) in [5.74, 6) is 0.546. The van der Waals surface area contributed by atoms with Crippen molar-refractivity contribution in [1.82, 2.24) is 15.2 Å². The maximum Gasteiger partial charge on any atom is 0.243 e. The number of aromatic nitrogens is 2. The number of para-hydroxylation sites is 1. The SMILES string of the molecule is Cc1nn(-c2ccccc2)c(Oc2ccc(F)cc2)c1/C=N\NC(=O)C1CC1.